The highest BCUT2D eigenvalue weighted by Crippen LogP contribution is 2.23. The topological polar surface area (TPSA) is 21.3 Å². The van der Waals surface area contributed by atoms with Crippen LogP contribution in [0.3, 0.4) is 0 Å². The average molecular weight is 249 g/mol. The lowest BCUT2D eigenvalue weighted by molar-refractivity contribution is 0.298. The van der Waals surface area contributed by atoms with Gasteiger partial charge in [0.25, 0.3) is 0 Å². The predicted molar refractivity (Wildman–Crippen MR) is 73.4 cm³/mol. The Morgan fingerprint density at radius 3 is 2.78 bits per heavy atom. The molecule has 0 bridgehead atoms. The van der Waals surface area contributed by atoms with Crippen molar-refractivity contribution in [3.05, 3.63) is 24.0 Å². The predicted octanol–water partition coefficient (Wildman–Crippen LogP) is 3.83. The molecule has 18 heavy (non-hydrogen) atoms. The number of nitrogens with one attached hydrogen (secondary N) is 1. The summed E-state index contributed by atoms with van der Waals surface area (Å²) in [5.41, 5.74) is 0.454. The molecular weight excluding hydrogens is 229 g/mol. The molecule has 0 fully saturated rings. The number of hydrogen-bond donors (Lipinski definition) is 1. The molecule has 0 unspecified atom stereocenters. The first kappa shape index (κ1) is 14.4. The maximum Gasteiger partial charge on any atom is 0.188 e. The van der Waals surface area contributed by atoms with Gasteiger partial charge >= 0.3 is 0 Å². The van der Waals surface area contributed by atoms with Gasteiger partial charge in [0.15, 0.2) is 11.6 Å². The van der Waals surface area contributed by atoms with Crippen molar-refractivity contribution in [2.75, 3.05) is 19.0 Å². The lowest BCUT2D eigenvalue weighted by Gasteiger charge is -2.09. The fraction of sp³-hybridized carbons (Fsp3) is 0.467. The molecule has 0 amide bonds. The summed E-state index contributed by atoms with van der Waals surface area (Å²) in [5.74, 6) is 6.11. The highest BCUT2D eigenvalue weighted by Gasteiger charge is 2.06. The first-order valence-electron chi connectivity index (χ1n) is 6.34. The smallest absolute Gasteiger partial charge is 0.188 e. The van der Waals surface area contributed by atoms with Gasteiger partial charge in [-0.3, -0.25) is 0 Å². The van der Waals surface area contributed by atoms with E-state index in [-0.39, 0.29) is 5.82 Å². The van der Waals surface area contributed by atoms with Gasteiger partial charge in [-0.15, -0.1) is 11.8 Å². The molecule has 0 radical (unpaired) electrons. The molecule has 1 rings (SSSR count). The van der Waals surface area contributed by atoms with Crippen molar-refractivity contribution in [2.45, 2.75) is 32.6 Å². The number of benzene rings is 1. The molecular formula is C15H20FNO. The summed E-state index contributed by atoms with van der Waals surface area (Å²) >= 11 is 0. The van der Waals surface area contributed by atoms with Crippen molar-refractivity contribution in [3.8, 4) is 17.6 Å². The number of rotatable bonds is 6. The van der Waals surface area contributed by atoms with Crippen LogP contribution < -0.4 is 10.1 Å². The summed E-state index contributed by atoms with van der Waals surface area (Å²) in [6, 6.07) is 5.09. The number of hydrogen-bond acceptors (Lipinski definition) is 2. The van der Waals surface area contributed by atoms with Crippen LogP contribution in [-0.4, -0.2) is 13.7 Å². The Kier molecular flexibility index (Phi) is 6.71. The Labute approximate surface area is 109 Å². The van der Waals surface area contributed by atoms with Crippen molar-refractivity contribution in [3.63, 3.8) is 0 Å². The molecule has 98 valence electrons. The van der Waals surface area contributed by atoms with Crippen molar-refractivity contribution in [1.82, 2.24) is 0 Å². The van der Waals surface area contributed by atoms with Crippen LogP contribution in [0.25, 0.3) is 0 Å². The molecule has 0 aliphatic carbocycles. The standard InChI is InChI=1S/C15H20FNO/c1-3-4-5-6-7-8-12-18-14-11-9-10-13(17-2)15(14)16/h9-11,17H,3-4,7-8,12H2,1-2H3. The van der Waals surface area contributed by atoms with E-state index in [1.54, 1.807) is 25.2 Å². The van der Waals surface area contributed by atoms with Crippen LogP contribution in [0.2, 0.25) is 0 Å². The summed E-state index contributed by atoms with van der Waals surface area (Å²) in [5, 5.41) is 2.78. The number of ether oxygens (including phenoxy) is 1. The molecule has 0 aliphatic rings. The van der Waals surface area contributed by atoms with E-state index in [0.717, 1.165) is 25.7 Å². The minimum Gasteiger partial charge on any atom is -0.490 e. The molecule has 0 aliphatic heterocycles. The molecule has 0 saturated carbocycles. The van der Waals surface area contributed by atoms with Gasteiger partial charge < -0.3 is 10.1 Å². The molecule has 0 spiro atoms. The third kappa shape index (κ3) is 4.67. The summed E-state index contributed by atoms with van der Waals surface area (Å²) in [6.07, 6.45) is 3.65. The fourth-order valence-electron chi connectivity index (χ4n) is 1.46. The van der Waals surface area contributed by atoms with Gasteiger partial charge in [0.05, 0.1) is 12.3 Å². The van der Waals surface area contributed by atoms with Crippen LogP contribution in [-0.2, 0) is 0 Å². The lowest BCUT2D eigenvalue weighted by Crippen LogP contribution is -2.01. The fourth-order valence-corrected chi connectivity index (χ4v) is 1.46. The Balaban J connectivity index is 2.34. The van der Waals surface area contributed by atoms with E-state index in [2.05, 4.69) is 24.1 Å². The summed E-state index contributed by atoms with van der Waals surface area (Å²) in [7, 11) is 1.69. The maximum atomic E-state index is 13.7. The Morgan fingerprint density at radius 1 is 1.28 bits per heavy atom. The Hall–Kier alpha value is -1.69. The normalized spacial score (nSPS) is 9.50. The number of anilines is 1. The van der Waals surface area contributed by atoms with Gasteiger partial charge in [0.2, 0.25) is 0 Å². The van der Waals surface area contributed by atoms with Gasteiger partial charge in [0.1, 0.15) is 0 Å². The first-order valence-corrected chi connectivity index (χ1v) is 6.34. The SMILES string of the molecule is CCCC#CCCCOc1cccc(NC)c1F. The molecule has 0 aromatic heterocycles. The van der Waals surface area contributed by atoms with Crippen molar-refractivity contribution >= 4 is 5.69 Å². The zero-order valence-electron chi connectivity index (χ0n) is 11.1. The van der Waals surface area contributed by atoms with Crippen LogP contribution in [0.15, 0.2) is 18.2 Å². The van der Waals surface area contributed by atoms with Crippen molar-refractivity contribution in [1.29, 1.82) is 0 Å². The maximum absolute atomic E-state index is 13.7. The van der Waals surface area contributed by atoms with E-state index < -0.39 is 0 Å². The molecule has 0 heterocycles. The van der Waals surface area contributed by atoms with Crippen LogP contribution in [0.4, 0.5) is 10.1 Å². The van der Waals surface area contributed by atoms with Crippen LogP contribution in [0, 0.1) is 17.7 Å². The van der Waals surface area contributed by atoms with Gasteiger partial charge in [-0.2, -0.15) is 0 Å². The molecule has 0 saturated heterocycles. The highest BCUT2D eigenvalue weighted by molar-refractivity contribution is 5.49. The van der Waals surface area contributed by atoms with Gasteiger partial charge in [-0.1, -0.05) is 13.0 Å². The second-order valence-electron chi connectivity index (χ2n) is 3.92. The lowest BCUT2D eigenvalue weighted by atomic mass is 10.2. The van der Waals surface area contributed by atoms with E-state index in [1.165, 1.54) is 0 Å². The zero-order valence-corrected chi connectivity index (χ0v) is 11.1. The molecule has 0 atom stereocenters. The summed E-state index contributed by atoms with van der Waals surface area (Å²) in [4.78, 5) is 0. The van der Waals surface area contributed by atoms with Crippen LogP contribution >= 0.6 is 0 Å². The van der Waals surface area contributed by atoms with Crippen molar-refractivity contribution in [2.24, 2.45) is 0 Å². The third-order valence-corrected chi connectivity index (χ3v) is 2.44. The molecule has 2 nitrogen and oxygen atoms in total. The monoisotopic (exact) mass is 249 g/mol. The molecule has 1 aromatic carbocycles. The first-order chi connectivity index (χ1) is 8.79. The second-order valence-corrected chi connectivity index (χ2v) is 3.92. The molecule has 1 N–H and O–H groups in total. The number of halogens is 1. The van der Waals surface area contributed by atoms with E-state index in [0.29, 0.717) is 18.0 Å². The second kappa shape index (κ2) is 8.41. The zero-order chi connectivity index (χ0) is 13.2. The van der Waals surface area contributed by atoms with E-state index in [9.17, 15) is 4.39 Å². The van der Waals surface area contributed by atoms with Gasteiger partial charge in [-0.25, -0.2) is 4.39 Å². The average Bonchev–Trinajstić information content (AvgIpc) is 2.39. The highest BCUT2D eigenvalue weighted by atomic mass is 19.1. The largest absolute Gasteiger partial charge is 0.490 e. The molecule has 1 aromatic rings. The minimum atomic E-state index is -0.336. The van der Waals surface area contributed by atoms with Gasteiger partial charge in [0, 0.05) is 19.9 Å². The van der Waals surface area contributed by atoms with Gasteiger partial charge in [-0.05, 0) is 25.0 Å². The van der Waals surface area contributed by atoms with E-state index in [1.807, 2.05) is 0 Å². The van der Waals surface area contributed by atoms with Crippen LogP contribution in [0.1, 0.15) is 32.6 Å². The summed E-state index contributed by atoms with van der Waals surface area (Å²) in [6.45, 7) is 2.60. The van der Waals surface area contributed by atoms with E-state index >= 15 is 0 Å². The Morgan fingerprint density at radius 2 is 2.06 bits per heavy atom. The third-order valence-electron chi connectivity index (χ3n) is 2.44. The van der Waals surface area contributed by atoms with Crippen molar-refractivity contribution < 1.29 is 9.13 Å². The van der Waals surface area contributed by atoms with Crippen LogP contribution in [0.5, 0.6) is 5.75 Å². The quantitative estimate of drug-likeness (QED) is 0.611. The number of unbranched alkanes of at least 4 members (excludes halogenated alkanes) is 2. The molecule has 3 heteroatoms. The van der Waals surface area contributed by atoms with E-state index in [4.69, 9.17) is 4.74 Å². The minimum absolute atomic E-state index is 0.295. The summed E-state index contributed by atoms with van der Waals surface area (Å²) < 4.78 is 19.1. The Bertz CT molecular complexity index is 420.